The van der Waals surface area contributed by atoms with Gasteiger partial charge < -0.3 is 4.74 Å². The highest BCUT2D eigenvalue weighted by Gasteiger charge is 2.80. The molecule has 4 unspecified atom stereocenters. The maximum absolute atomic E-state index is 11.7. The highest BCUT2D eigenvalue weighted by molar-refractivity contribution is 6.10. The minimum Gasteiger partial charge on any atom is -0.392 e. The van der Waals surface area contributed by atoms with Crippen LogP contribution in [-0.4, -0.2) is 23.5 Å². The SMILES string of the molecule is CC(=O)C1C(C)(C(C)=O)C2C(=O)OC(=O)C12C. The van der Waals surface area contributed by atoms with E-state index < -0.39 is 34.6 Å². The van der Waals surface area contributed by atoms with Crippen LogP contribution in [0, 0.1) is 22.7 Å². The second kappa shape index (κ2) is 3.03. The lowest BCUT2D eigenvalue weighted by Crippen LogP contribution is -2.68. The topological polar surface area (TPSA) is 77.5 Å². The first-order chi connectivity index (χ1) is 7.68. The van der Waals surface area contributed by atoms with E-state index in [4.69, 9.17) is 0 Å². The van der Waals surface area contributed by atoms with Gasteiger partial charge in [-0.25, -0.2) is 0 Å². The van der Waals surface area contributed by atoms with Crippen molar-refractivity contribution in [3.8, 4) is 0 Å². The first kappa shape index (κ1) is 12.0. The van der Waals surface area contributed by atoms with Crippen LogP contribution in [0.4, 0.5) is 0 Å². The highest BCUT2D eigenvalue weighted by atomic mass is 16.6. The second-order valence-corrected chi connectivity index (χ2v) is 5.31. The lowest BCUT2D eigenvalue weighted by atomic mass is 9.39. The number of rotatable bonds is 2. The van der Waals surface area contributed by atoms with Gasteiger partial charge in [0, 0.05) is 5.92 Å². The van der Waals surface area contributed by atoms with Gasteiger partial charge in [-0.05, 0) is 20.8 Å². The lowest BCUT2D eigenvalue weighted by Gasteiger charge is -2.57. The molecular formula is C12H14O5. The molecule has 0 amide bonds. The maximum atomic E-state index is 11.7. The molecule has 2 aliphatic rings. The smallest absolute Gasteiger partial charge is 0.321 e. The summed E-state index contributed by atoms with van der Waals surface area (Å²) in [7, 11) is 0. The summed E-state index contributed by atoms with van der Waals surface area (Å²) in [5, 5.41) is 0. The fraction of sp³-hybridized carbons (Fsp3) is 0.667. The number of Topliss-reactive ketones (excluding diaryl/α,β-unsaturated/α-hetero) is 2. The van der Waals surface area contributed by atoms with Crippen molar-refractivity contribution in [1.29, 1.82) is 0 Å². The molecule has 92 valence electrons. The van der Waals surface area contributed by atoms with Gasteiger partial charge in [0.05, 0.1) is 16.7 Å². The Balaban J connectivity index is 2.59. The zero-order chi connectivity index (χ0) is 13.2. The van der Waals surface area contributed by atoms with E-state index in [0.717, 1.165) is 0 Å². The van der Waals surface area contributed by atoms with E-state index in [1.807, 2.05) is 0 Å². The number of carbonyl (C=O) groups excluding carboxylic acids is 4. The van der Waals surface area contributed by atoms with Crippen LogP contribution in [0.3, 0.4) is 0 Å². The third-order valence-corrected chi connectivity index (χ3v) is 4.43. The molecule has 2 fully saturated rings. The molecule has 0 spiro atoms. The first-order valence-corrected chi connectivity index (χ1v) is 5.46. The van der Waals surface area contributed by atoms with Gasteiger partial charge in [-0.2, -0.15) is 0 Å². The van der Waals surface area contributed by atoms with Crippen LogP contribution >= 0.6 is 0 Å². The number of carbonyl (C=O) groups is 4. The largest absolute Gasteiger partial charge is 0.392 e. The summed E-state index contributed by atoms with van der Waals surface area (Å²) in [6.45, 7) is 5.77. The molecule has 1 saturated carbocycles. The molecule has 5 heteroatoms. The number of hydrogen-bond acceptors (Lipinski definition) is 5. The van der Waals surface area contributed by atoms with Crippen molar-refractivity contribution in [2.24, 2.45) is 22.7 Å². The molecule has 1 aliphatic heterocycles. The number of ether oxygens (including phenoxy) is 1. The Morgan fingerprint density at radius 3 is 2.12 bits per heavy atom. The molecular weight excluding hydrogens is 224 g/mol. The molecule has 4 atom stereocenters. The third kappa shape index (κ3) is 1.04. The fourth-order valence-corrected chi connectivity index (χ4v) is 3.72. The lowest BCUT2D eigenvalue weighted by molar-refractivity contribution is -0.189. The minimum absolute atomic E-state index is 0.256. The van der Waals surface area contributed by atoms with Crippen molar-refractivity contribution in [3.63, 3.8) is 0 Å². The Morgan fingerprint density at radius 2 is 1.71 bits per heavy atom. The summed E-state index contributed by atoms with van der Waals surface area (Å²) in [5.41, 5.74) is -2.27. The molecule has 2 rings (SSSR count). The Hall–Kier alpha value is -1.52. The predicted octanol–water partition coefficient (Wildman–Crippen LogP) is 0.506. The van der Waals surface area contributed by atoms with E-state index in [0.29, 0.717) is 0 Å². The Kier molecular flexibility index (Phi) is 2.13. The molecule has 1 saturated heterocycles. The third-order valence-electron chi connectivity index (χ3n) is 4.43. The number of ketones is 2. The molecule has 0 aromatic rings. The molecule has 0 aromatic heterocycles. The quantitative estimate of drug-likeness (QED) is 0.517. The molecule has 0 bridgehead atoms. The van der Waals surface area contributed by atoms with Crippen molar-refractivity contribution in [2.75, 3.05) is 0 Å². The van der Waals surface area contributed by atoms with Crippen LogP contribution in [0.15, 0.2) is 0 Å². The van der Waals surface area contributed by atoms with Gasteiger partial charge in [0.15, 0.2) is 0 Å². The van der Waals surface area contributed by atoms with Gasteiger partial charge in [0.1, 0.15) is 11.6 Å². The van der Waals surface area contributed by atoms with E-state index in [1.54, 1.807) is 6.92 Å². The van der Waals surface area contributed by atoms with Crippen molar-refractivity contribution < 1.29 is 23.9 Å². The van der Waals surface area contributed by atoms with Crippen LogP contribution in [0.1, 0.15) is 27.7 Å². The van der Waals surface area contributed by atoms with Gasteiger partial charge in [-0.3, -0.25) is 19.2 Å². The van der Waals surface area contributed by atoms with E-state index in [-0.39, 0.29) is 11.6 Å². The molecule has 1 heterocycles. The molecule has 0 aromatic carbocycles. The Labute approximate surface area is 98.5 Å². The summed E-state index contributed by atoms with van der Waals surface area (Å²) >= 11 is 0. The van der Waals surface area contributed by atoms with Gasteiger partial charge in [0.2, 0.25) is 0 Å². The van der Waals surface area contributed by atoms with Crippen LogP contribution in [0.2, 0.25) is 0 Å². The van der Waals surface area contributed by atoms with Crippen LogP contribution in [0.5, 0.6) is 0 Å². The van der Waals surface area contributed by atoms with E-state index >= 15 is 0 Å². The molecule has 1 aliphatic carbocycles. The van der Waals surface area contributed by atoms with Crippen LogP contribution < -0.4 is 0 Å². The standard InChI is InChI=1S/C12H14O5/c1-5(13)7-11(3,6(2)14)8-9(15)17-10(16)12(7,8)4/h7-8H,1-4H3. The summed E-state index contributed by atoms with van der Waals surface area (Å²) in [4.78, 5) is 46.7. The fourth-order valence-electron chi connectivity index (χ4n) is 3.72. The van der Waals surface area contributed by atoms with E-state index in [1.165, 1.54) is 20.8 Å². The number of fused-ring (bicyclic) bond motifs is 1. The average molecular weight is 238 g/mol. The number of esters is 2. The zero-order valence-electron chi connectivity index (χ0n) is 10.2. The number of hydrogen-bond donors (Lipinski definition) is 0. The molecule has 5 nitrogen and oxygen atoms in total. The van der Waals surface area contributed by atoms with Gasteiger partial charge in [0.25, 0.3) is 0 Å². The molecule has 17 heavy (non-hydrogen) atoms. The van der Waals surface area contributed by atoms with Crippen molar-refractivity contribution in [1.82, 2.24) is 0 Å². The Morgan fingerprint density at radius 1 is 1.18 bits per heavy atom. The van der Waals surface area contributed by atoms with Gasteiger partial charge >= 0.3 is 11.9 Å². The van der Waals surface area contributed by atoms with E-state index in [9.17, 15) is 19.2 Å². The molecule has 0 N–H and O–H groups in total. The summed E-state index contributed by atoms with van der Waals surface area (Å²) in [5.74, 6) is -3.48. The Bertz CT molecular complexity index is 466. The zero-order valence-corrected chi connectivity index (χ0v) is 10.2. The van der Waals surface area contributed by atoms with Crippen LogP contribution in [0.25, 0.3) is 0 Å². The first-order valence-electron chi connectivity index (χ1n) is 5.46. The minimum atomic E-state index is -1.16. The normalized spacial score (nSPS) is 43.8. The monoisotopic (exact) mass is 238 g/mol. The highest BCUT2D eigenvalue weighted by Crippen LogP contribution is 2.67. The maximum Gasteiger partial charge on any atom is 0.321 e. The number of cyclic esters (lactones) is 2. The van der Waals surface area contributed by atoms with E-state index in [2.05, 4.69) is 4.74 Å². The van der Waals surface area contributed by atoms with Crippen LogP contribution in [-0.2, 0) is 23.9 Å². The van der Waals surface area contributed by atoms with Crippen molar-refractivity contribution >= 4 is 23.5 Å². The van der Waals surface area contributed by atoms with Gasteiger partial charge in [-0.15, -0.1) is 0 Å². The summed E-state index contributed by atoms with van der Waals surface area (Å²) in [6.07, 6.45) is 0. The second-order valence-electron chi connectivity index (χ2n) is 5.31. The van der Waals surface area contributed by atoms with Gasteiger partial charge in [-0.1, -0.05) is 6.92 Å². The summed E-state index contributed by atoms with van der Waals surface area (Å²) in [6, 6.07) is 0. The van der Waals surface area contributed by atoms with Crippen molar-refractivity contribution in [2.45, 2.75) is 27.7 Å². The average Bonchev–Trinajstić information content (AvgIpc) is 2.32. The van der Waals surface area contributed by atoms with Crippen molar-refractivity contribution in [3.05, 3.63) is 0 Å². The molecule has 0 radical (unpaired) electrons. The summed E-state index contributed by atoms with van der Waals surface area (Å²) < 4.78 is 4.59. The predicted molar refractivity (Wildman–Crippen MR) is 55.7 cm³/mol.